The Kier molecular flexibility index (Phi) is 34.2. The molecule has 0 bridgehead atoms. The Morgan fingerprint density at radius 2 is 0.689 bits per heavy atom. The first-order valence-electron chi connectivity index (χ1n) is 29.5. The zero-order valence-electron chi connectivity index (χ0n) is 56.9. The van der Waals surface area contributed by atoms with Crippen molar-refractivity contribution in [3.8, 4) is 23.0 Å². The van der Waals surface area contributed by atoms with E-state index in [0.29, 0.717) is 78.4 Å². The molecule has 0 unspecified atom stereocenters. The molecule has 0 spiro atoms. The van der Waals surface area contributed by atoms with Crippen molar-refractivity contribution in [3.63, 3.8) is 0 Å². The summed E-state index contributed by atoms with van der Waals surface area (Å²) in [6.45, 7) is 16.6. The predicted octanol–water partition coefficient (Wildman–Crippen LogP) is 5.74. The van der Waals surface area contributed by atoms with Crippen LogP contribution in [-0.2, 0) is 88.3 Å². The zero-order chi connectivity index (χ0) is 75.2. The fourth-order valence-corrected chi connectivity index (χ4v) is 13.3. The summed E-state index contributed by atoms with van der Waals surface area (Å²) in [5.41, 5.74) is 24.8. The Morgan fingerprint density at radius 1 is 0.456 bits per heavy atom. The maximum atomic E-state index is 12.8. The van der Waals surface area contributed by atoms with Crippen LogP contribution in [0, 0.1) is 27.7 Å². The number of nitrogens with two attached hydrogens (primary N) is 4. The third-order valence-corrected chi connectivity index (χ3v) is 16.8. The average Bonchev–Trinajstić information content (AvgIpc) is 1.64. The molecule has 35 heteroatoms. The number of alkyl halides is 1. The summed E-state index contributed by atoms with van der Waals surface area (Å²) in [6.07, 6.45) is 0. The van der Waals surface area contributed by atoms with Crippen molar-refractivity contribution in [1.29, 1.82) is 0 Å². The molecule has 0 aliphatic rings. The van der Waals surface area contributed by atoms with Gasteiger partial charge < -0.3 is 97.3 Å². The zero-order valence-corrected chi connectivity index (χ0v) is 63.8. The molecular weight excluding hydrogens is 1500 g/mol. The maximum absolute atomic E-state index is 12.8. The van der Waals surface area contributed by atoms with E-state index in [0.717, 1.165) is 0 Å². The fraction of sp³-hybridized carbons (Fsp3) is 0.338. The van der Waals surface area contributed by atoms with Gasteiger partial charge in [-0.25, -0.2) is 19.2 Å². The number of aliphatic carboxylic acids is 2. The number of thiol groups is 1. The first-order valence-corrected chi connectivity index (χ1v) is 34.2. The summed E-state index contributed by atoms with van der Waals surface area (Å²) in [5.74, 6) is -9.86. The second kappa shape index (κ2) is 39.1. The molecule has 4 heterocycles. The van der Waals surface area contributed by atoms with Gasteiger partial charge in [0.25, 0.3) is 46.8 Å². The van der Waals surface area contributed by atoms with Gasteiger partial charge in [-0.15, -0.1) is 0 Å². The molecule has 0 radical (unpaired) electrons. The molecule has 0 fully saturated rings. The molecule has 0 aliphatic heterocycles. The van der Waals surface area contributed by atoms with Crippen molar-refractivity contribution >= 4 is 182 Å². The fourth-order valence-electron chi connectivity index (χ4n) is 10.2. The van der Waals surface area contributed by atoms with Crippen LogP contribution in [0.15, 0.2) is 72.8 Å². The quantitative estimate of drug-likeness (QED) is 0.00371. The number of primary amides is 4. The topological polar surface area (TPSA) is 442 Å². The molecule has 4 amide bonds. The van der Waals surface area contributed by atoms with Crippen LogP contribution in [0.4, 0.5) is 0 Å². The number of hydrogen-bond donors (Lipinski definition) is 7. The van der Waals surface area contributed by atoms with E-state index in [2.05, 4.69) is 41.2 Å². The average molecular weight is 1580 g/mol. The number of nitrogens with zero attached hydrogens (tertiary/aromatic N) is 4. The molecule has 0 atom stereocenters. The maximum Gasteiger partial charge on any atom is 1.00 e. The predicted molar refractivity (Wildman–Crippen MR) is 394 cm³/mol. The van der Waals surface area contributed by atoms with Crippen molar-refractivity contribution in [3.05, 3.63) is 118 Å². The van der Waals surface area contributed by atoms with E-state index in [4.69, 9.17) is 61.6 Å². The van der Waals surface area contributed by atoms with E-state index in [9.17, 15) is 62.3 Å². The van der Waals surface area contributed by atoms with Crippen LogP contribution in [0.25, 0.3) is 43.6 Å². The molecular formula is C68H80BrN8NaO21S4. The van der Waals surface area contributed by atoms with Gasteiger partial charge >= 0.3 is 53.4 Å². The number of ether oxygens (including phenoxy) is 6. The summed E-state index contributed by atoms with van der Waals surface area (Å²) in [4.78, 5) is 152. The van der Waals surface area contributed by atoms with Crippen LogP contribution < -0.4 is 71.4 Å². The van der Waals surface area contributed by atoms with Crippen LogP contribution in [-0.4, -0.2) is 142 Å². The van der Waals surface area contributed by atoms with Crippen LogP contribution in [0.5, 0.6) is 23.0 Å². The molecule has 4 aromatic heterocycles. The van der Waals surface area contributed by atoms with Crippen LogP contribution in [0.3, 0.4) is 0 Å². The number of aromatic nitrogens is 4. The monoisotopic (exact) mass is 1570 g/mol. The number of rotatable bonds is 27. The van der Waals surface area contributed by atoms with Gasteiger partial charge in [0.1, 0.15) is 34.2 Å². The Hall–Kier alpha value is -8.90. The number of halogens is 1. The number of carbonyl (C=O) groups is 13. The van der Waals surface area contributed by atoms with Gasteiger partial charge in [0.15, 0.2) is 26.4 Å². The first-order chi connectivity index (χ1) is 46.7. The minimum atomic E-state index is -1.22. The van der Waals surface area contributed by atoms with E-state index in [-0.39, 0.29) is 119 Å². The van der Waals surface area contributed by atoms with Gasteiger partial charge in [0, 0.05) is 27.9 Å². The SMILES string of the molecule is C.C.CC(=O)[S-].Cc1c(C(=O)C(N)=O)c2c(OCC(=O)O)cccc2n1CSSCn1c(C)c(C(=O)C(N)=O)c2c(OCC(=O)O)cccc21.Cc1c(C(=O)C(N)=O)c2c(OCC(=O)OC(C)(C)C)cccc2n1CBr.Cc1c(C(=O)C(N)=O)c2c(OCC(=O)OC(C)(C)C)cccc2n1CS.[Na+]. The molecule has 29 nitrogen and oxygen atoms in total. The molecule has 0 saturated carbocycles. The van der Waals surface area contributed by atoms with Crippen LogP contribution >= 0.6 is 50.1 Å². The molecule has 0 saturated heterocycles. The van der Waals surface area contributed by atoms with Gasteiger partial charge in [0.05, 0.1) is 88.9 Å². The van der Waals surface area contributed by atoms with Crippen molar-refractivity contribution < 1.29 is 131 Å². The molecule has 4 aromatic carbocycles. The first kappa shape index (κ1) is 90.2. The smallest absolute Gasteiger partial charge is 0.742 e. The van der Waals surface area contributed by atoms with E-state index in [1.165, 1.54) is 40.6 Å². The number of carboxylic acid groups (broad SMARTS) is 2. The number of Topliss-reactive ketones (excluding diaryl/α,β-unsaturated/α-hetero) is 4. The number of carboxylic acids is 2. The molecule has 0 aliphatic carbocycles. The number of carbonyl (C=O) groups excluding carboxylic acids is 11. The number of ketones is 4. The molecule has 8 aromatic rings. The Bertz CT molecular complexity index is 4320. The van der Waals surface area contributed by atoms with Crippen molar-refractivity contribution in [2.75, 3.05) is 26.4 Å². The number of esters is 2. The van der Waals surface area contributed by atoms with Gasteiger partial charge in [-0.05, 0) is 125 Å². The van der Waals surface area contributed by atoms with Crippen molar-refractivity contribution in [2.45, 2.75) is 125 Å². The van der Waals surface area contributed by atoms with E-state index >= 15 is 0 Å². The Morgan fingerprint density at radius 3 is 0.922 bits per heavy atom. The third kappa shape index (κ3) is 22.8. The van der Waals surface area contributed by atoms with E-state index < -0.39 is 95.1 Å². The minimum absolute atomic E-state index is 0. The number of amides is 4. The molecule has 103 heavy (non-hydrogen) atoms. The van der Waals surface area contributed by atoms with E-state index in [1.54, 1.807) is 144 Å². The van der Waals surface area contributed by atoms with E-state index in [1.807, 2.05) is 4.57 Å². The standard InChI is InChI=1S/C28H26N4O10S2.C18H21BrN2O5.C18H22N2O5S.C2H4OS.2CH4.Na/c1-13-21(25(37)27(29)39)23-15(5-3-7-17(23)41-9-19(33)34)31(13)11-43-44-12-32-14(2)22(26(38)28(30)40)24-16(32)6-4-8-18(24)42-10-20(35)36;1-10-14(16(23)17(20)24)15-11(21(10)9-19)6-5-7-12(15)25-8-13(22)26-18(2,3)4;1-10-14(16(22)17(19)23)15-11(20(10)9-26)6-5-7-12(15)24-8-13(21)25-18(2,3)4;1-2(3)4;;;/h3-8H,9-12H2,1-2H3,(H2,29,39)(H2,30,40)(H,33,34)(H,35,36);5-7H,8-9H2,1-4H3,(H2,20,24);5-7,26H,8-9H2,1-4H3,(H2,19,23);1H3,(H,3,4);2*1H4;/q;;;;;;+1/p-1. The summed E-state index contributed by atoms with van der Waals surface area (Å²) in [5, 5.41) is 19.3. The second-order valence-electron chi connectivity index (χ2n) is 23.3. The van der Waals surface area contributed by atoms with Crippen LogP contribution in [0.2, 0.25) is 0 Å². The summed E-state index contributed by atoms with van der Waals surface area (Å²) in [7, 11) is 2.72. The number of hydrogen-bond acceptors (Lipinski definition) is 23. The summed E-state index contributed by atoms with van der Waals surface area (Å²) < 4.78 is 39.5. The molecule has 550 valence electrons. The van der Waals surface area contributed by atoms with Crippen LogP contribution in [0.1, 0.15) is 128 Å². The van der Waals surface area contributed by atoms with Gasteiger partial charge in [-0.3, -0.25) is 38.4 Å². The van der Waals surface area contributed by atoms with Gasteiger partial charge in [0.2, 0.25) is 0 Å². The molecule has 10 N–H and O–H groups in total. The Balaban J connectivity index is 0.000000530. The largest absolute Gasteiger partial charge is 1.00 e. The minimum Gasteiger partial charge on any atom is -0.742 e. The normalized spacial score (nSPS) is 10.7. The number of fused-ring (bicyclic) bond motifs is 4. The summed E-state index contributed by atoms with van der Waals surface area (Å²) in [6, 6.07) is 19.9. The molecule has 8 rings (SSSR count). The third-order valence-electron chi connectivity index (χ3n) is 14.0. The van der Waals surface area contributed by atoms with Gasteiger partial charge in [-0.2, -0.15) is 12.6 Å². The number of benzene rings is 4. The Labute approximate surface area is 641 Å². The van der Waals surface area contributed by atoms with Gasteiger partial charge in [-0.1, -0.05) is 76.6 Å². The van der Waals surface area contributed by atoms with Crippen molar-refractivity contribution in [1.82, 2.24) is 18.3 Å². The van der Waals surface area contributed by atoms with Crippen molar-refractivity contribution in [2.24, 2.45) is 22.9 Å². The second-order valence-corrected chi connectivity index (χ2v) is 27.1. The summed E-state index contributed by atoms with van der Waals surface area (Å²) >= 11 is 11.6.